The molecule has 1 aromatic rings. The summed E-state index contributed by atoms with van der Waals surface area (Å²) < 4.78 is 5.12. The van der Waals surface area contributed by atoms with Crippen LogP contribution in [0.2, 0.25) is 0 Å². The molecule has 1 aromatic heterocycles. The molecule has 2 fully saturated rings. The second kappa shape index (κ2) is 3.65. The Balaban J connectivity index is 1.72. The van der Waals surface area contributed by atoms with Crippen molar-refractivity contribution in [2.45, 2.75) is 50.4 Å². The molecule has 3 nitrogen and oxygen atoms in total. The van der Waals surface area contributed by atoms with Crippen molar-refractivity contribution >= 4 is 0 Å². The van der Waals surface area contributed by atoms with E-state index in [4.69, 9.17) is 10.2 Å². The Morgan fingerprint density at radius 2 is 2.07 bits per heavy atom. The summed E-state index contributed by atoms with van der Waals surface area (Å²) in [5.74, 6) is 0. The van der Waals surface area contributed by atoms with E-state index in [1.54, 1.807) is 6.26 Å². The highest BCUT2D eigenvalue weighted by molar-refractivity contribution is 5.08. The monoisotopic (exact) mass is 206 g/mol. The standard InChI is InChI=1S/C12H18N2O/c13-10-5-11-1-2-12(6-10)14(11)7-9-3-4-15-8-9/h3-4,8,10-12H,1-2,5-7,13H2. The van der Waals surface area contributed by atoms with Crippen LogP contribution in [0.3, 0.4) is 0 Å². The maximum absolute atomic E-state index is 6.05. The number of rotatable bonds is 2. The summed E-state index contributed by atoms with van der Waals surface area (Å²) in [5.41, 5.74) is 7.34. The van der Waals surface area contributed by atoms with Gasteiger partial charge in [-0.1, -0.05) is 0 Å². The molecule has 0 amide bonds. The lowest BCUT2D eigenvalue weighted by molar-refractivity contribution is 0.119. The van der Waals surface area contributed by atoms with E-state index in [1.807, 2.05) is 6.26 Å². The average Bonchev–Trinajstić information content (AvgIpc) is 2.77. The maximum atomic E-state index is 6.05. The van der Waals surface area contributed by atoms with E-state index in [0.29, 0.717) is 18.1 Å². The number of hydrogen-bond donors (Lipinski definition) is 1. The Labute approximate surface area is 90.2 Å². The first-order valence-corrected chi connectivity index (χ1v) is 5.85. The Kier molecular flexibility index (Phi) is 2.29. The molecule has 3 rings (SSSR count). The highest BCUT2D eigenvalue weighted by atomic mass is 16.3. The highest BCUT2D eigenvalue weighted by Gasteiger charge is 2.39. The molecule has 0 radical (unpaired) electrons. The normalized spacial score (nSPS) is 35.9. The molecule has 0 aromatic carbocycles. The Bertz CT molecular complexity index is 308. The minimum absolute atomic E-state index is 0.433. The second-order valence-corrected chi connectivity index (χ2v) is 4.92. The van der Waals surface area contributed by atoms with Gasteiger partial charge in [-0.2, -0.15) is 0 Å². The van der Waals surface area contributed by atoms with Gasteiger partial charge in [0.05, 0.1) is 12.5 Å². The molecule has 2 atom stereocenters. The van der Waals surface area contributed by atoms with E-state index < -0.39 is 0 Å². The van der Waals surface area contributed by atoms with E-state index in [0.717, 1.165) is 6.54 Å². The van der Waals surface area contributed by atoms with Gasteiger partial charge in [-0.25, -0.2) is 0 Å². The van der Waals surface area contributed by atoms with Crippen LogP contribution < -0.4 is 5.73 Å². The zero-order valence-corrected chi connectivity index (χ0v) is 8.93. The first kappa shape index (κ1) is 9.43. The van der Waals surface area contributed by atoms with E-state index in [-0.39, 0.29) is 0 Å². The number of hydrogen-bond acceptors (Lipinski definition) is 3. The summed E-state index contributed by atoms with van der Waals surface area (Å²) >= 11 is 0. The van der Waals surface area contributed by atoms with Crippen LogP contribution in [0.15, 0.2) is 23.0 Å². The number of nitrogens with zero attached hydrogens (tertiary/aromatic N) is 1. The predicted octanol–water partition coefficient (Wildman–Crippen LogP) is 1.73. The number of furan rings is 1. The van der Waals surface area contributed by atoms with Crippen LogP contribution in [-0.4, -0.2) is 23.0 Å². The van der Waals surface area contributed by atoms with Crippen LogP contribution in [0, 0.1) is 0 Å². The smallest absolute Gasteiger partial charge is 0.0947 e. The molecule has 82 valence electrons. The van der Waals surface area contributed by atoms with Crippen molar-refractivity contribution in [3.8, 4) is 0 Å². The van der Waals surface area contributed by atoms with Crippen LogP contribution in [0.5, 0.6) is 0 Å². The Morgan fingerprint density at radius 1 is 1.33 bits per heavy atom. The molecule has 0 spiro atoms. The Hall–Kier alpha value is -0.800. The molecule has 2 unspecified atom stereocenters. The Morgan fingerprint density at radius 3 is 2.67 bits per heavy atom. The molecule has 0 aliphatic carbocycles. The minimum atomic E-state index is 0.433. The van der Waals surface area contributed by atoms with Gasteiger partial charge < -0.3 is 10.2 Å². The number of fused-ring (bicyclic) bond motifs is 2. The molecular weight excluding hydrogens is 188 g/mol. The third-order valence-corrected chi connectivity index (χ3v) is 3.87. The lowest BCUT2D eigenvalue weighted by Crippen LogP contribution is -2.46. The SMILES string of the molecule is NC1CC2CCC(C1)N2Cc1ccoc1. The van der Waals surface area contributed by atoms with Gasteiger partial charge in [-0.05, 0) is 31.7 Å². The third-order valence-electron chi connectivity index (χ3n) is 3.87. The van der Waals surface area contributed by atoms with Crippen molar-refractivity contribution in [1.82, 2.24) is 4.90 Å². The van der Waals surface area contributed by atoms with Crippen LogP contribution in [0.4, 0.5) is 0 Å². The topological polar surface area (TPSA) is 42.4 Å². The molecular formula is C12H18N2O. The zero-order valence-electron chi connectivity index (χ0n) is 8.93. The fraction of sp³-hybridized carbons (Fsp3) is 0.667. The molecule has 2 N–H and O–H groups in total. The first-order valence-electron chi connectivity index (χ1n) is 5.85. The van der Waals surface area contributed by atoms with Crippen molar-refractivity contribution in [1.29, 1.82) is 0 Å². The summed E-state index contributed by atoms with van der Waals surface area (Å²) in [6, 6.07) is 3.93. The van der Waals surface area contributed by atoms with Gasteiger partial charge >= 0.3 is 0 Å². The van der Waals surface area contributed by atoms with Gasteiger partial charge in [0, 0.05) is 30.2 Å². The minimum Gasteiger partial charge on any atom is -0.472 e. The van der Waals surface area contributed by atoms with Gasteiger partial charge in [0.15, 0.2) is 0 Å². The van der Waals surface area contributed by atoms with Gasteiger partial charge in [0.25, 0.3) is 0 Å². The summed E-state index contributed by atoms with van der Waals surface area (Å²) in [6.07, 6.45) is 8.62. The van der Waals surface area contributed by atoms with Crippen LogP contribution in [0.25, 0.3) is 0 Å². The highest BCUT2D eigenvalue weighted by Crippen LogP contribution is 2.36. The summed E-state index contributed by atoms with van der Waals surface area (Å²) in [6.45, 7) is 1.04. The van der Waals surface area contributed by atoms with Gasteiger partial charge in [0.2, 0.25) is 0 Å². The predicted molar refractivity (Wildman–Crippen MR) is 58.3 cm³/mol. The quantitative estimate of drug-likeness (QED) is 0.801. The maximum Gasteiger partial charge on any atom is 0.0947 e. The first-order chi connectivity index (χ1) is 7.33. The molecule has 2 aliphatic rings. The van der Waals surface area contributed by atoms with Crippen molar-refractivity contribution in [2.24, 2.45) is 5.73 Å². The molecule has 3 heterocycles. The largest absolute Gasteiger partial charge is 0.472 e. The van der Waals surface area contributed by atoms with E-state index in [2.05, 4.69) is 11.0 Å². The van der Waals surface area contributed by atoms with Crippen LogP contribution >= 0.6 is 0 Å². The molecule has 15 heavy (non-hydrogen) atoms. The summed E-state index contributed by atoms with van der Waals surface area (Å²) in [7, 11) is 0. The molecule has 2 aliphatic heterocycles. The van der Waals surface area contributed by atoms with Gasteiger partial charge in [-0.15, -0.1) is 0 Å². The molecule has 2 bridgehead atoms. The average molecular weight is 206 g/mol. The lowest BCUT2D eigenvalue weighted by atomic mass is 9.98. The fourth-order valence-corrected chi connectivity index (χ4v) is 3.17. The number of nitrogens with two attached hydrogens (primary N) is 1. The third kappa shape index (κ3) is 1.70. The van der Waals surface area contributed by atoms with E-state index >= 15 is 0 Å². The molecule has 2 saturated heterocycles. The fourth-order valence-electron chi connectivity index (χ4n) is 3.17. The zero-order chi connectivity index (χ0) is 10.3. The lowest BCUT2D eigenvalue weighted by Gasteiger charge is -2.37. The van der Waals surface area contributed by atoms with Crippen molar-refractivity contribution in [3.05, 3.63) is 24.2 Å². The summed E-state index contributed by atoms with van der Waals surface area (Å²) in [4.78, 5) is 2.62. The van der Waals surface area contributed by atoms with Gasteiger partial charge in [-0.3, -0.25) is 4.90 Å². The van der Waals surface area contributed by atoms with Crippen LogP contribution in [-0.2, 0) is 6.54 Å². The van der Waals surface area contributed by atoms with E-state index in [1.165, 1.54) is 31.2 Å². The van der Waals surface area contributed by atoms with E-state index in [9.17, 15) is 0 Å². The van der Waals surface area contributed by atoms with Crippen molar-refractivity contribution < 1.29 is 4.42 Å². The second-order valence-electron chi connectivity index (χ2n) is 4.92. The summed E-state index contributed by atoms with van der Waals surface area (Å²) in [5, 5.41) is 0. The van der Waals surface area contributed by atoms with Crippen molar-refractivity contribution in [3.63, 3.8) is 0 Å². The van der Waals surface area contributed by atoms with Crippen molar-refractivity contribution in [2.75, 3.05) is 0 Å². The van der Waals surface area contributed by atoms with Crippen LogP contribution in [0.1, 0.15) is 31.2 Å². The molecule has 0 saturated carbocycles. The molecule has 3 heteroatoms. The number of piperidine rings is 1. The van der Waals surface area contributed by atoms with Gasteiger partial charge in [0.1, 0.15) is 0 Å².